The van der Waals surface area contributed by atoms with Gasteiger partial charge in [-0.25, -0.2) is 18.6 Å². The van der Waals surface area contributed by atoms with Gasteiger partial charge in [-0.2, -0.15) is 5.10 Å². The molecule has 228 valence electrons. The van der Waals surface area contributed by atoms with Crippen molar-refractivity contribution in [1.29, 1.82) is 0 Å². The lowest BCUT2D eigenvalue weighted by Gasteiger charge is -2.30. The Labute approximate surface area is 251 Å². The van der Waals surface area contributed by atoms with Gasteiger partial charge in [0.15, 0.2) is 17.2 Å². The Morgan fingerprint density at radius 1 is 1.09 bits per heavy atom. The molecule has 0 bridgehead atoms. The third-order valence-corrected chi connectivity index (χ3v) is 7.91. The zero-order chi connectivity index (χ0) is 30.6. The summed E-state index contributed by atoms with van der Waals surface area (Å²) in [6.45, 7) is 5.78. The normalized spacial score (nSPS) is 17.7. The number of benzene rings is 2. The van der Waals surface area contributed by atoms with Gasteiger partial charge in [-0.1, -0.05) is 19.1 Å². The quantitative estimate of drug-likeness (QED) is 0.266. The fourth-order valence-electron chi connectivity index (χ4n) is 5.37. The molecule has 6 rings (SSSR count). The van der Waals surface area contributed by atoms with Crippen molar-refractivity contribution in [3.63, 3.8) is 0 Å². The van der Waals surface area contributed by atoms with Gasteiger partial charge >= 0.3 is 6.03 Å². The highest BCUT2D eigenvalue weighted by Crippen LogP contribution is 2.36. The number of nitrogens with zero attached hydrogens (tertiary/aromatic N) is 5. The maximum Gasteiger partial charge on any atom is 0.349 e. The summed E-state index contributed by atoms with van der Waals surface area (Å²) in [5.41, 5.74) is 1.09. The molecule has 1 atom stereocenters. The van der Waals surface area contributed by atoms with E-state index in [0.717, 1.165) is 38.5 Å². The summed E-state index contributed by atoms with van der Waals surface area (Å²) in [4.78, 5) is 32.6. The number of hydrazone groups is 1. The Morgan fingerprint density at radius 2 is 1.89 bits per heavy atom. The third-order valence-electron chi connectivity index (χ3n) is 7.91. The number of H-pyrrole nitrogens is 1. The van der Waals surface area contributed by atoms with E-state index in [2.05, 4.69) is 37.4 Å². The number of nitrogens with one attached hydrogen (secondary N) is 2. The fraction of sp³-hybridized carbons (Fsp3) is 0.323. The lowest BCUT2D eigenvalue weighted by molar-refractivity contribution is -0.130. The van der Waals surface area contributed by atoms with E-state index < -0.39 is 29.5 Å². The second kappa shape index (κ2) is 12.8. The van der Waals surface area contributed by atoms with E-state index in [1.165, 1.54) is 48.8 Å². The van der Waals surface area contributed by atoms with Gasteiger partial charge in [-0.15, -0.1) is 10.1 Å². The third kappa shape index (κ3) is 6.23. The first-order chi connectivity index (χ1) is 21.4. The number of hydrogen-bond donors (Lipinski definition) is 2. The first kappa shape index (κ1) is 29.2. The molecule has 2 aliphatic rings. The molecule has 2 aliphatic heterocycles. The average molecular weight is 604 g/mol. The molecule has 0 radical (unpaired) electrons. The molecule has 2 N–H and O–H groups in total. The first-order valence-electron chi connectivity index (χ1n) is 14.5. The highest BCUT2D eigenvalue weighted by molar-refractivity contribution is 6.05. The van der Waals surface area contributed by atoms with Crippen molar-refractivity contribution in [2.24, 2.45) is 11.0 Å². The number of ether oxygens (including phenoxy) is 2. The van der Waals surface area contributed by atoms with Crippen LogP contribution in [0.2, 0.25) is 0 Å². The Hall–Kier alpha value is -4.91. The number of piperidine rings is 1. The maximum absolute atomic E-state index is 15.2. The highest BCUT2D eigenvalue weighted by Gasteiger charge is 2.33. The number of carbonyl (C=O) groups is 2. The first-order valence-corrected chi connectivity index (χ1v) is 14.5. The Kier molecular flexibility index (Phi) is 8.46. The van der Waals surface area contributed by atoms with Crippen LogP contribution < -0.4 is 14.8 Å². The molecule has 3 amide bonds. The molecule has 0 spiro atoms. The average Bonchev–Trinajstić information content (AvgIpc) is 3.46. The SMILES string of the molecule is CCN1CCC(COc2n[nH]c3nccc(Oc4ccc(NC(=O)N5N=CCC(c6ccc(F)cc6)C5=O)cc4F)c23)CC1. The molecule has 4 aromatic rings. The predicted octanol–water partition coefficient (Wildman–Crippen LogP) is 5.67. The number of hydrogen-bond acceptors (Lipinski definition) is 8. The van der Waals surface area contributed by atoms with E-state index in [-0.39, 0.29) is 17.9 Å². The van der Waals surface area contributed by atoms with Crippen LogP contribution in [-0.2, 0) is 4.79 Å². The minimum atomic E-state index is -0.859. The zero-order valence-electron chi connectivity index (χ0n) is 24.0. The van der Waals surface area contributed by atoms with Crippen molar-refractivity contribution in [3.05, 3.63) is 71.9 Å². The molecule has 0 saturated carbocycles. The van der Waals surface area contributed by atoms with Crippen LogP contribution >= 0.6 is 0 Å². The number of carbonyl (C=O) groups excluding carboxylic acids is 2. The molecule has 11 nitrogen and oxygen atoms in total. The van der Waals surface area contributed by atoms with Crippen LogP contribution in [0.3, 0.4) is 0 Å². The Balaban J connectivity index is 1.12. The summed E-state index contributed by atoms with van der Waals surface area (Å²) < 4.78 is 40.5. The molecule has 1 unspecified atom stereocenters. The monoisotopic (exact) mass is 603 g/mol. The molecule has 13 heteroatoms. The van der Waals surface area contributed by atoms with Crippen molar-refractivity contribution in [2.45, 2.75) is 32.1 Å². The van der Waals surface area contributed by atoms with Crippen molar-refractivity contribution in [3.8, 4) is 17.4 Å². The number of imide groups is 1. The van der Waals surface area contributed by atoms with Crippen molar-refractivity contribution in [2.75, 3.05) is 31.6 Å². The lowest BCUT2D eigenvalue weighted by Crippen LogP contribution is -2.41. The summed E-state index contributed by atoms with van der Waals surface area (Å²) in [6.07, 6.45) is 5.30. The summed E-state index contributed by atoms with van der Waals surface area (Å²) in [7, 11) is 0. The van der Waals surface area contributed by atoms with E-state index >= 15 is 4.39 Å². The van der Waals surface area contributed by atoms with Gasteiger partial charge in [0.25, 0.3) is 5.91 Å². The number of halogens is 2. The summed E-state index contributed by atoms with van der Waals surface area (Å²) >= 11 is 0. The van der Waals surface area contributed by atoms with Crippen LogP contribution in [0.4, 0.5) is 19.3 Å². The number of fused-ring (bicyclic) bond motifs is 1. The van der Waals surface area contributed by atoms with Gasteiger partial charge in [0.1, 0.15) is 17.0 Å². The second-order valence-corrected chi connectivity index (χ2v) is 10.7. The van der Waals surface area contributed by atoms with Crippen LogP contribution in [0, 0.1) is 17.6 Å². The summed E-state index contributed by atoms with van der Waals surface area (Å²) in [5.74, 6) is -1.52. The Morgan fingerprint density at radius 3 is 2.64 bits per heavy atom. The minimum absolute atomic E-state index is 0.0908. The van der Waals surface area contributed by atoms with E-state index in [1.54, 1.807) is 6.07 Å². The van der Waals surface area contributed by atoms with Gasteiger partial charge in [-0.05, 0) is 68.2 Å². The minimum Gasteiger partial charge on any atom is -0.476 e. The van der Waals surface area contributed by atoms with Gasteiger partial charge in [0.2, 0.25) is 5.88 Å². The van der Waals surface area contributed by atoms with Crippen molar-refractivity contribution in [1.82, 2.24) is 25.1 Å². The summed E-state index contributed by atoms with van der Waals surface area (Å²) in [5, 5.41) is 14.7. The van der Waals surface area contributed by atoms with Gasteiger partial charge in [-0.3, -0.25) is 9.89 Å². The zero-order valence-corrected chi connectivity index (χ0v) is 24.0. The maximum atomic E-state index is 15.2. The van der Waals surface area contributed by atoms with Gasteiger partial charge in [0, 0.05) is 36.7 Å². The standard InChI is InChI=1S/C31H31F2N7O4/c1-2-39-15-11-19(12-16-39)18-43-29-27-26(10-13-34-28(27)37-38-29)44-25-8-7-22(17-24(25)33)36-31(42)40-30(41)23(9-14-35-40)20-3-5-21(32)6-4-20/h3-8,10,13-14,17,19,23H,2,9,11-12,15-16,18H2,1H3,(H,36,42)(H,34,37,38). The number of aromatic nitrogens is 3. The van der Waals surface area contributed by atoms with Gasteiger partial charge < -0.3 is 19.7 Å². The predicted molar refractivity (Wildman–Crippen MR) is 159 cm³/mol. The molecule has 0 aliphatic carbocycles. The van der Waals surface area contributed by atoms with E-state index in [0.29, 0.717) is 45.8 Å². The van der Waals surface area contributed by atoms with E-state index in [4.69, 9.17) is 9.47 Å². The van der Waals surface area contributed by atoms with E-state index in [9.17, 15) is 14.0 Å². The van der Waals surface area contributed by atoms with Crippen molar-refractivity contribution < 1.29 is 27.8 Å². The molecule has 1 fully saturated rings. The van der Waals surface area contributed by atoms with Gasteiger partial charge in [0.05, 0.1) is 12.5 Å². The molecule has 4 heterocycles. The highest BCUT2D eigenvalue weighted by atomic mass is 19.1. The molecule has 2 aromatic carbocycles. The lowest BCUT2D eigenvalue weighted by atomic mass is 9.94. The number of pyridine rings is 1. The number of likely N-dealkylation sites (tertiary alicyclic amines) is 1. The molecule has 2 aromatic heterocycles. The number of anilines is 1. The van der Waals surface area contributed by atoms with Crippen LogP contribution in [0.15, 0.2) is 59.8 Å². The largest absolute Gasteiger partial charge is 0.476 e. The van der Waals surface area contributed by atoms with Crippen LogP contribution in [0.25, 0.3) is 11.0 Å². The van der Waals surface area contributed by atoms with Crippen LogP contribution in [-0.4, -0.2) is 69.5 Å². The Bertz CT molecular complexity index is 1690. The molecular weight excluding hydrogens is 572 g/mol. The number of aromatic amines is 1. The molecule has 1 saturated heterocycles. The van der Waals surface area contributed by atoms with E-state index in [1.807, 2.05) is 0 Å². The molecule has 44 heavy (non-hydrogen) atoms. The number of amides is 3. The number of rotatable bonds is 8. The topological polar surface area (TPSA) is 125 Å². The second-order valence-electron chi connectivity index (χ2n) is 10.7. The molecular formula is C31H31F2N7O4. The van der Waals surface area contributed by atoms with Crippen molar-refractivity contribution >= 4 is 34.9 Å². The smallest absolute Gasteiger partial charge is 0.349 e. The number of urea groups is 1. The van der Waals surface area contributed by atoms with Crippen LogP contribution in [0.1, 0.15) is 37.7 Å². The van der Waals surface area contributed by atoms with Crippen LogP contribution in [0.5, 0.6) is 17.4 Å². The summed E-state index contributed by atoms with van der Waals surface area (Å²) in [6, 6.07) is 10.1. The fourth-order valence-corrected chi connectivity index (χ4v) is 5.37.